The van der Waals surface area contributed by atoms with Gasteiger partial charge in [-0.05, 0) is 30.3 Å². The van der Waals surface area contributed by atoms with E-state index in [2.05, 4.69) is 9.97 Å². The highest BCUT2D eigenvalue weighted by molar-refractivity contribution is 5.88. The van der Waals surface area contributed by atoms with Crippen LogP contribution in [-0.2, 0) is 6.61 Å². The molecule has 0 aliphatic heterocycles. The summed E-state index contributed by atoms with van der Waals surface area (Å²) < 4.78 is 5.56. The maximum Gasteiger partial charge on any atom is 0.335 e. The van der Waals surface area contributed by atoms with E-state index in [0.29, 0.717) is 11.6 Å². The van der Waals surface area contributed by atoms with Gasteiger partial charge in [0.05, 0.1) is 16.6 Å². The van der Waals surface area contributed by atoms with Gasteiger partial charge in [0.25, 0.3) is 0 Å². The zero-order valence-electron chi connectivity index (χ0n) is 10.5. The first kappa shape index (κ1) is 12.2. The Kier molecular flexibility index (Phi) is 3.09. The number of carboxylic acids is 1. The van der Waals surface area contributed by atoms with Crippen molar-refractivity contribution in [1.82, 2.24) is 9.97 Å². The van der Waals surface area contributed by atoms with E-state index in [4.69, 9.17) is 9.84 Å². The van der Waals surface area contributed by atoms with E-state index >= 15 is 0 Å². The minimum atomic E-state index is -0.973. The number of rotatable bonds is 4. The van der Waals surface area contributed by atoms with Gasteiger partial charge in [-0.25, -0.2) is 9.78 Å². The van der Waals surface area contributed by atoms with Crippen LogP contribution in [0.25, 0.3) is 11.0 Å². The SMILES string of the molecule is O=C(O)c1cccc(OCc2nc3ccccc3[nH]2)c1. The van der Waals surface area contributed by atoms with Gasteiger partial charge in [-0.3, -0.25) is 0 Å². The predicted molar refractivity (Wildman–Crippen MR) is 73.8 cm³/mol. The Morgan fingerprint density at radius 2 is 2.05 bits per heavy atom. The Labute approximate surface area is 114 Å². The average molecular weight is 268 g/mol. The summed E-state index contributed by atoms with van der Waals surface area (Å²) in [6.45, 7) is 0.262. The van der Waals surface area contributed by atoms with Gasteiger partial charge in [-0.1, -0.05) is 18.2 Å². The molecule has 5 nitrogen and oxygen atoms in total. The molecular weight excluding hydrogens is 256 g/mol. The number of carboxylic acid groups (broad SMARTS) is 1. The lowest BCUT2D eigenvalue weighted by Crippen LogP contribution is -2.00. The van der Waals surface area contributed by atoms with Crippen molar-refractivity contribution < 1.29 is 14.6 Å². The Morgan fingerprint density at radius 1 is 1.20 bits per heavy atom. The number of ether oxygens (including phenoxy) is 1. The molecule has 0 spiro atoms. The number of hydrogen-bond donors (Lipinski definition) is 2. The topological polar surface area (TPSA) is 75.2 Å². The van der Waals surface area contributed by atoms with Crippen LogP contribution in [0.4, 0.5) is 0 Å². The lowest BCUT2D eigenvalue weighted by molar-refractivity contribution is 0.0696. The van der Waals surface area contributed by atoms with Gasteiger partial charge in [0.2, 0.25) is 0 Å². The molecular formula is C15H12N2O3. The molecule has 3 aromatic rings. The molecule has 1 heterocycles. The van der Waals surface area contributed by atoms with E-state index in [1.807, 2.05) is 24.3 Å². The van der Waals surface area contributed by atoms with Crippen LogP contribution in [0.3, 0.4) is 0 Å². The number of hydrogen-bond acceptors (Lipinski definition) is 3. The molecule has 0 aliphatic carbocycles. The van der Waals surface area contributed by atoms with Crippen LogP contribution in [-0.4, -0.2) is 21.0 Å². The second kappa shape index (κ2) is 5.05. The molecule has 0 atom stereocenters. The van der Waals surface area contributed by atoms with Crippen LogP contribution in [0.2, 0.25) is 0 Å². The highest BCUT2D eigenvalue weighted by atomic mass is 16.5. The van der Waals surface area contributed by atoms with Crippen LogP contribution in [0.1, 0.15) is 16.2 Å². The first-order valence-electron chi connectivity index (χ1n) is 6.12. The number of aromatic amines is 1. The molecule has 0 fully saturated rings. The number of nitrogens with one attached hydrogen (secondary N) is 1. The molecule has 20 heavy (non-hydrogen) atoms. The number of benzene rings is 2. The van der Waals surface area contributed by atoms with Crippen LogP contribution >= 0.6 is 0 Å². The van der Waals surface area contributed by atoms with Crippen molar-refractivity contribution in [2.45, 2.75) is 6.61 Å². The van der Waals surface area contributed by atoms with Crippen molar-refractivity contribution in [2.24, 2.45) is 0 Å². The molecule has 2 aromatic carbocycles. The molecule has 1 aromatic heterocycles. The highest BCUT2D eigenvalue weighted by Crippen LogP contribution is 2.16. The Hall–Kier alpha value is -2.82. The third kappa shape index (κ3) is 2.47. The number of carbonyl (C=O) groups is 1. The molecule has 0 radical (unpaired) electrons. The highest BCUT2D eigenvalue weighted by Gasteiger charge is 2.06. The number of aromatic carboxylic acids is 1. The van der Waals surface area contributed by atoms with Gasteiger partial charge in [-0.2, -0.15) is 0 Å². The van der Waals surface area contributed by atoms with Crippen LogP contribution in [0.15, 0.2) is 48.5 Å². The molecule has 3 rings (SSSR count). The van der Waals surface area contributed by atoms with Crippen molar-refractivity contribution in [3.63, 3.8) is 0 Å². The van der Waals surface area contributed by atoms with Crippen LogP contribution in [0.5, 0.6) is 5.75 Å². The minimum absolute atomic E-state index is 0.201. The predicted octanol–water partition coefficient (Wildman–Crippen LogP) is 2.84. The van der Waals surface area contributed by atoms with Crippen LogP contribution < -0.4 is 4.74 Å². The fourth-order valence-electron chi connectivity index (χ4n) is 1.94. The lowest BCUT2D eigenvalue weighted by atomic mass is 10.2. The van der Waals surface area contributed by atoms with Gasteiger partial charge >= 0.3 is 5.97 Å². The summed E-state index contributed by atoms with van der Waals surface area (Å²) in [5.41, 5.74) is 2.03. The molecule has 0 aliphatic rings. The number of para-hydroxylation sites is 2. The minimum Gasteiger partial charge on any atom is -0.486 e. The van der Waals surface area contributed by atoms with E-state index in [0.717, 1.165) is 11.0 Å². The number of aromatic nitrogens is 2. The zero-order chi connectivity index (χ0) is 13.9. The average Bonchev–Trinajstić information content (AvgIpc) is 2.88. The normalized spacial score (nSPS) is 10.6. The van der Waals surface area contributed by atoms with E-state index < -0.39 is 5.97 Å². The molecule has 5 heteroatoms. The van der Waals surface area contributed by atoms with Gasteiger partial charge in [0.15, 0.2) is 0 Å². The molecule has 0 saturated heterocycles. The standard InChI is InChI=1S/C15H12N2O3/c18-15(19)10-4-3-5-11(8-10)20-9-14-16-12-6-1-2-7-13(12)17-14/h1-8H,9H2,(H,16,17)(H,18,19). The molecule has 0 amide bonds. The molecule has 2 N–H and O–H groups in total. The zero-order valence-corrected chi connectivity index (χ0v) is 10.5. The number of nitrogens with zero attached hydrogens (tertiary/aromatic N) is 1. The molecule has 0 unspecified atom stereocenters. The number of H-pyrrole nitrogens is 1. The van der Waals surface area contributed by atoms with E-state index in [1.165, 1.54) is 12.1 Å². The monoisotopic (exact) mass is 268 g/mol. The Balaban J connectivity index is 1.75. The lowest BCUT2D eigenvalue weighted by Gasteiger charge is -2.04. The first-order chi connectivity index (χ1) is 9.72. The second-order valence-corrected chi connectivity index (χ2v) is 4.32. The number of imidazole rings is 1. The van der Waals surface area contributed by atoms with Crippen molar-refractivity contribution in [1.29, 1.82) is 0 Å². The molecule has 100 valence electrons. The summed E-state index contributed by atoms with van der Waals surface area (Å²) in [6, 6.07) is 14.1. The maximum absolute atomic E-state index is 10.9. The smallest absolute Gasteiger partial charge is 0.335 e. The second-order valence-electron chi connectivity index (χ2n) is 4.32. The molecule has 0 bridgehead atoms. The van der Waals surface area contributed by atoms with Crippen molar-refractivity contribution >= 4 is 17.0 Å². The van der Waals surface area contributed by atoms with Gasteiger partial charge in [0.1, 0.15) is 18.2 Å². The number of fused-ring (bicyclic) bond motifs is 1. The Morgan fingerprint density at radius 3 is 2.85 bits per heavy atom. The summed E-state index contributed by atoms with van der Waals surface area (Å²) in [5, 5.41) is 8.92. The summed E-state index contributed by atoms with van der Waals surface area (Å²) >= 11 is 0. The molecule has 0 saturated carbocycles. The van der Waals surface area contributed by atoms with Crippen molar-refractivity contribution in [3.05, 3.63) is 59.9 Å². The van der Waals surface area contributed by atoms with Crippen molar-refractivity contribution in [2.75, 3.05) is 0 Å². The van der Waals surface area contributed by atoms with Crippen LogP contribution in [0, 0.1) is 0 Å². The quantitative estimate of drug-likeness (QED) is 0.763. The fraction of sp³-hybridized carbons (Fsp3) is 0.0667. The van der Waals surface area contributed by atoms with Gasteiger partial charge < -0.3 is 14.8 Å². The largest absolute Gasteiger partial charge is 0.486 e. The Bertz CT molecular complexity index is 731. The van der Waals surface area contributed by atoms with E-state index in [-0.39, 0.29) is 12.2 Å². The summed E-state index contributed by atoms with van der Waals surface area (Å²) in [7, 11) is 0. The van der Waals surface area contributed by atoms with E-state index in [9.17, 15) is 4.79 Å². The third-order valence-corrected chi connectivity index (χ3v) is 2.89. The first-order valence-corrected chi connectivity index (χ1v) is 6.12. The van der Waals surface area contributed by atoms with Gasteiger partial charge in [0, 0.05) is 0 Å². The fourth-order valence-corrected chi connectivity index (χ4v) is 1.94. The van der Waals surface area contributed by atoms with E-state index in [1.54, 1.807) is 12.1 Å². The summed E-state index contributed by atoms with van der Waals surface area (Å²) in [6.07, 6.45) is 0. The van der Waals surface area contributed by atoms with Gasteiger partial charge in [-0.15, -0.1) is 0 Å². The van der Waals surface area contributed by atoms with Crippen molar-refractivity contribution in [3.8, 4) is 5.75 Å². The summed E-state index contributed by atoms with van der Waals surface area (Å²) in [5.74, 6) is 0.233. The summed E-state index contributed by atoms with van der Waals surface area (Å²) in [4.78, 5) is 18.4. The maximum atomic E-state index is 10.9. The third-order valence-electron chi connectivity index (χ3n) is 2.89.